The summed E-state index contributed by atoms with van der Waals surface area (Å²) in [5, 5.41) is 5.46. The van der Waals surface area contributed by atoms with Crippen molar-refractivity contribution in [2.75, 3.05) is 18.5 Å². The lowest BCUT2D eigenvalue weighted by Gasteiger charge is -2.14. The van der Waals surface area contributed by atoms with Crippen LogP contribution in [-0.2, 0) is 11.2 Å². The van der Waals surface area contributed by atoms with E-state index in [1.807, 2.05) is 12.1 Å². The van der Waals surface area contributed by atoms with E-state index in [1.165, 1.54) is 18.2 Å². The smallest absolute Gasteiger partial charge is 0.484 e. The molecule has 0 saturated heterocycles. The van der Waals surface area contributed by atoms with Crippen LogP contribution in [0.25, 0.3) is 0 Å². The number of alkyl halides is 3. The number of nitrogens with two attached hydrogens (primary N) is 1. The standard InChI is InChI=1S/C21H23F3N4O3.HI/c22-21(23,24)31-18-4-2-1-3-17(18)28-20(25)26-12-11-14-5-9-16(10-6-14)30-13-19(29)27-15-7-8-15;/h1-6,9-10,15H,7-8,11-13H2,(H,27,29)(H3,25,26,28);1H. The summed E-state index contributed by atoms with van der Waals surface area (Å²) in [6.45, 7) is 0.299. The van der Waals surface area contributed by atoms with E-state index < -0.39 is 12.1 Å². The number of rotatable bonds is 9. The summed E-state index contributed by atoms with van der Waals surface area (Å²) < 4.78 is 46.8. The second kappa shape index (κ2) is 11.8. The fourth-order valence-electron chi connectivity index (χ4n) is 2.66. The second-order valence-corrected chi connectivity index (χ2v) is 6.96. The van der Waals surface area contributed by atoms with Crippen LogP contribution >= 0.6 is 24.0 Å². The molecular formula is C21H24F3IN4O3. The molecule has 4 N–H and O–H groups in total. The average molecular weight is 564 g/mol. The molecule has 0 bridgehead atoms. The summed E-state index contributed by atoms with van der Waals surface area (Å²) in [5.41, 5.74) is 6.81. The highest BCUT2D eigenvalue weighted by molar-refractivity contribution is 14.0. The molecule has 2 aromatic rings. The minimum Gasteiger partial charge on any atom is -0.484 e. The van der Waals surface area contributed by atoms with E-state index >= 15 is 0 Å². The van der Waals surface area contributed by atoms with E-state index in [0.717, 1.165) is 18.4 Å². The lowest BCUT2D eigenvalue weighted by Crippen LogP contribution is -2.30. The molecule has 0 aromatic heterocycles. The average Bonchev–Trinajstić information content (AvgIpc) is 3.52. The van der Waals surface area contributed by atoms with E-state index in [0.29, 0.717) is 24.8 Å². The van der Waals surface area contributed by atoms with Crippen molar-refractivity contribution in [3.8, 4) is 11.5 Å². The molecule has 174 valence electrons. The Bertz CT molecular complexity index is 919. The summed E-state index contributed by atoms with van der Waals surface area (Å²) in [6.07, 6.45) is -2.19. The number of nitrogens with zero attached hydrogens (tertiary/aromatic N) is 1. The maximum Gasteiger partial charge on any atom is 0.573 e. The van der Waals surface area contributed by atoms with E-state index in [2.05, 4.69) is 20.4 Å². The molecule has 1 amide bonds. The van der Waals surface area contributed by atoms with Crippen molar-refractivity contribution in [2.24, 2.45) is 10.7 Å². The maximum atomic E-state index is 12.5. The molecular weight excluding hydrogens is 540 g/mol. The summed E-state index contributed by atoms with van der Waals surface area (Å²) in [4.78, 5) is 15.8. The maximum absolute atomic E-state index is 12.5. The number of aliphatic imine (C=N–C) groups is 1. The normalized spacial score (nSPS) is 13.7. The Morgan fingerprint density at radius 3 is 2.47 bits per heavy atom. The van der Waals surface area contributed by atoms with Gasteiger partial charge in [-0.1, -0.05) is 24.3 Å². The molecule has 1 aliphatic rings. The van der Waals surface area contributed by atoms with Gasteiger partial charge in [0.05, 0.1) is 5.69 Å². The first kappa shape index (κ1) is 25.6. The highest BCUT2D eigenvalue weighted by atomic mass is 127. The number of para-hydroxylation sites is 2. The number of amides is 1. The number of hydrogen-bond acceptors (Lipinski definition) is 4. The van der Waals surface area contributed by atoms with Crippen LogP contribution in [0.3, 0.4) is 0 Å². The van der Waals surface area contributed by atoms with Gasteiger partial charge >= 0.3 is 6.36 Å². The monoisotopic (exact) mass is 564 g/mol. The van der Waals surface area contributed by atoms with Crippen molar-refractivity contribution in [3.05, 3.63) is 54.1 Å². The molecule has 3 rings (SSSR count). The van der Waals surface area contributed by atoms with Crippen molar-refractivity contribution in [3.63, 3.8) is 0 Å². The molecule has 1 aliphatic carbocycles. The number of nitrogens with one attached hydrogen (secondary N) is 2. The van der Waals surface area contributed by atoms with Gasteiger partial charge in [0.25, 0.3) is 5.91 Å². The Morgan fingerprint density at radius 2 is 1.81 bits per heavy atom. The fourth-order valence-corrected chi connectivity index (χ4v) is 2.66. The van der Waals surface area contributed by atoms with Crippen molar-refractivity contribution >= 4 is 41.5 Å². The summed E-state index contributed by atoms with van der Waals surface area (Å²) in [5.74, 6) is 0.0288. The van der Waals surface area contributed by atoms with Crippen LogP contribution in [0.15, 0.2) is 53.5 Å². The topological polar surface area (TPSA) is 98.0 Å². The second-order valence-electron chi connectivity index (χ2n) is 6.96. The minimum atomic E-state index is -4.80. The Labute approximate surface area is 200 Å². The van der Waals surface area contributed by atoms with Crippen molar-refractivity contribution in [1.82, 2.24) is 5.32 Å². The van der Waals surface area contributed by atoms with Gasteiger partial charge in [-0.3, -0.25) is 9.79 Å². The van der Waals surface area contributed by atoms with Gasteiger partial charge in [0.1, 0.15) is 5.75 Å². The zero-order valence-corrected chi connectivity index (χ0v) is 19.4. The predicted octanol–water partition coefficient (Wildman–Crippen LogP) is 3.83. The summed E-state index contributed by atoms with van der Waals surface area (Å²) in [7, 11) is 0. The first-order valence-electron chi connectivity index (χ1n) is 9.71. The zero-order valence-electron chi connectivity index (χ0n) is 17.0. The van der Waals surface area contributed by atoms with E-state index in [4.69, 9.17) is 10.5 Å². The molecule has 0 heterocycles. The third-order valence-corrected chi connectivity index (χ3v) is 4.29. The van der Waals surface area contributed by atoms with Gasteiger partial charge in [-0.2, -0.15) is 0 Å². The largest absolute Gasteiger partial charge is 0.573 e. The summed E-state index contributed by atoms with van der Waals surface area (Å²) >= 11 is 0. The number of halogens is 4. The third-order valence-electron chi connectivity index (χ3n) is 4.29. The number of benzene rings is 2. The first-order chi connectivity index (χ1) is 14.8. The zero-order chi connectivity index (χ0) is 22.3. The summed E-state index contributed by atoms with van der Waals surface area (Å²) in [6, 6.07) is 13.1. The molecule has 0 radical (unpaired) electrons. The van der Waals surface area contributed by atoms with Crippen LogP contribution in [0.2, 0.25) is 0 Å². The van der Waals surface area contributed by atoms with Crippen LogP contribution in [0, 0.1) is 0 Å². The molecule has 32 heavy (non-hydrogen) atoms. The number of anilines is 1. The Morgan fingerprint density at radius 1 is 1.12 bits per heavy atom. The van der Waals surface area contributed by atoms with Crippen LogP contribution in [0.4, 0.5) is 18.9 Å². The van der Waals surface area contributed by atoms with Crippen molar-refractivity contribution in [1.29, 1.82) is 0 Å². The SMILES string of the molecule is I.NC(=NCCc1ccc(OCC(=O)NC2CC2)cc1)Nc1ccccc1OC(F)(F)F. The molecule has 0 aliphatic heterocycles. The molecule has 2 aromatic carbocycles. The first-order valence-corrected chi connectivity index (χ1v) is 9.71. The van der Waals surface area contributed by atoms with Gasteiger partial charge in [0, 0.05) is 12.6 Å². The molecule has 7 nitrogen and oxygen atoms in total. The molecule has 1 saturated carbocycles. The van der Waals surface area contributed by atoms with E-state index in [1.54, 1.807) is 18.2 Å². The number of hydrogen-bond donors (Lipinski definition) is 3. The van der Waals surface area contributed by atoms with Crippen molar-refractivity contribution < 1.29 is 27.4 Å². The van der Waals surface area contributed by atoms with E-state index in [9.17, 15) is 18.0 Å². The third kappa shape index (κ3) is 9.20. The van der Waals surface area contributed by atoms with Crippen LogP contribution < -0.4 is 25.8 Å². The number of ether oxygens (including phenoxy) is 2. The van der Waals surface area contributed by atoms with Gasteiger partial charge in [-0.15, -0.1) is 37.1 Å². The Balaban J connectivity index is 0.00000363. The lowest BCUT2D eigenvalue weighted by molar-refractivity contribution is -0.274. The van der Waals surface area contributed by atoms with Gasteiger partial charge in [0.2, 0.25) is 0 Å². The van der Waals surface area contributed by atoms with Crippen LogP contribution in [0.5, 0.6) is 11.5 Å². The Hall–Kier alpha value is -2.70. The predicted molar refractivity (Wildman–Crippen MR) is 125 cm³/mol. The number of guanidine groups is 1. The van der Waals surface area contributed by atoms with Gasteiger partial charge in [-0.05, 0) is 49.1 Å². The van der Waals surface area contributed by atoms with E-state index in [-0.39, 0.29) is 48.1 Å². The molecule has 0 atom stereocenters. The minimum absolute atomic E-state index is 0. The Kier molecular flexibility index (Phi) is 9.42. The molecule has 0 spiro atoms. The lowest BCUT2D eigenvalue weighted by atomic mass is 10.1. The van der Waals surface area contributed by atoms with Crippen molar-refractivity contribution in [2.45, 2.75) is 31.7 Å². The number of carbonyl (C=O) groups is 1. The molecule has 11 heteroatoms. The van der Waals surface area contributed by atoms with Crippen LogP contribution in [0.1, 0.15) is 18.4 Å². The molecule has 0 unspecified atom stereocenters. The highest BCUT2D eigenvalue weighted by Crippen LogP contribution is 2.29. The van der Waals surface area contributed by atoms with Gasteiger partial charge in [0.15, 0.2) is 18.3 Å². The quantitative estimate of drug-likeness (QED) is 0.245. The van der Waals surface area contributed by atoms with Crippen LogP contribution in [-0.4, -0.2) is 37.4 Å². The molecule has 1 fully saturated rings. The number of carbonyl (C=O) groups excluding carboxylic acids is 1. The van der Waals surface area contributed by atoms with Gasteiger partial charge in [-0.25, -0.2) is 0 Å². The van der Waals surface area contributed by atoms with Gasteiger partial charge < -0.3 is 25.8 Å². The highest BCUT2D eigenvalue weighted by Gasteiger charge is 2.32. The fraction of sp³-hybridized carbons (Fsp3) is 0.333.